The summed E-state index contributed by atoms with van der Waals surface area (Å²) in [4.78, 5) is 28.6. The number of fused-ring (bicyclic) bond motifs is 2. The number of amides is 2. The molecular weight excluding hydrogens is 648 g/mol. The van der Waals surface area contributed by atoms with Crippen molar-refractivity contribution in [3.05, 3.63) is 65.4 Å². The Morgan fingerprint density at radius 2 is 1.86 bits per heavy atom. The minimum Gasteiger partial charge on any atom is -0.443 e. The van der Waals surface area contributed by atoms with Crippen LogP contribution in [-0.2, 0) is 35.4 Å². The number of ether oxygens (including phenoxy) is 3. The van der Waals surface area contributed by atoms with E-state index in [1.165, 1.54) is 10.4 Å². The number of carbonyl (C=O) groups excluding carboxylic acids is 2. The zero-order valence-corrected chi connectivity index (χ0v) is 29.3. The molecule has 0 saturated carbocycles. The van der Waals surface area contributed by atoms with Gasteiger partial charge in [-0.1, -0.05) is 44.2 Å². The molecule has 4 aliphatic heterocycles. The Morgan fingerprint density at radius 3 is 2.59 bits per heavy atom. The minimum absolute atomic E-state index is 0.0288. The fourth-order valence-corrected chi connectivity index (χ4v) is 8.89. The maximum absolute atomic E-state index is 14.3. The van der Waals surface area contributed by atoms with Gasteiger partial charge in [-0.15, -0.1) is 0 Å². The van der Waals surface area contributed by atoms with Gasteiger partial charge in [0.05, 0.1) is 41.7 Å². The summed E-state index contributed by atoms with van der Waals surface area (Å²) in [5.41, 5.74) is 3.30. The number of nitrogens with one attached hydrogen (secondary N) is 2. The molecule has 4 aliphatic rings. The van der Waals surface area contributed by atoms with Crippen LogP contribution < -0.4 is 10.6 Å². The Labute approximate surface area is 288 Å². The van der Waals surface area contributed by atoms with E-state index in [-0.39, 0.29) is 55.0 Å². The molecule has 6 rings (SSSR count). The number of likely N-dealkylation sites (tertiary alicyclic amines) is 1. The van der Waals surface area contributed by atoms with Crippen molar-refractivity contribution in [2.24, 2.45) is 11.8 Å². The summed E-state index contributed by atoms with van der Waals surface area (Å²) in [5.74, 6) is -0.360. The summed E-state index contributed by atoms with van der Waals surface area (Å²) in [7, 11) is -4.14. The van der Waals surface area contributed by atoms with Gasteiger partial charge in [0.1, 0.15) is 6.10 Å². The Kier molecular flexibility index (Phi) is 10.9. The van der Waals surface area contributed by atoms with E-state index in [1.807, 2.05) is 51.1 Å². The predicted molar refractivity (Wildman–Crippen MR) is 184 cm³/mol. The lowest BCUT2D eigenvalue weighted by atomic mass is 10.0. The molecule has 12 nitrogen and oxygen atoms in total. The van der Waals surface area contributed by atoms with Crippen molar-refractivity contribution in [3.8, 4) is 0 Å². The molecule has 3 saturated heterocycles. The number of hydrogen-bond donors (Lipinski definition) is 3. The highest BCUT2D eigenvalue weighted by atomic mass is 32.2. The standard InChI is InChI=1S/C36H48N4O8S/c1-23(2)20-40(49(44,45)26-12-13-29-28(19-26)33(34(42)37-29)24(3)39-15-8-5-9-16-39)21-31(41)30(18-25-10-6-4-7-11-25)38-36(43)48-32-22-47-35-27(32)14-17-46-35/h4,6-7,10-13,19,23,27,30-32,35,41H,5,8-9,14-18,20-22H2,1-3H3,(H,37,42)(H,38,43). The smallest absolute Gasteiger partial charge is 0.407 e. The second-order valence-electron chi connectivity index (χ2n) is 13.9. The fraction of sp³-hybridized carbons (Fsp3) is 0.556. The van der Waals surface area contributed by atoms with Crippen LogP contribution >= 0.6 is 0 Å². The molecule has 4 heterocycles. The van der Waals surface area contributed by atoms with Crippen molar-refractivity contribution in [2.45, 2.75) is 82.3 Å². The largest absolute Gasteiger partial charge is 0.443 e. The van der Waals surface area contributed by atoms with Gasteiger partial charge in [-0.05, 0) is 68.7 Å². The summed E-state index contributed by atoms with van der Waals surface area (Å²) in [5, 5.41) is 17.4. The number of aliphatic hydroxyl groups excluding tert-OH is 1. The summed E-state index contributed by atoms with van der Waals surface area (Å²) < 4.78 is 46.9. The SMILES string of the molecule is CC(=C1C(=O)Nc2ccc(S(=O)(=O)N(CC(C)C)CC(O)C(Cc3ccccc3)NC(=O)OC3COC4OCCC34)cc21)N1CCCCC1. The van der Waals surface area contributed by atoms with Crippen LogP contribution in [0.3, 0.4) is 0 Å². The Morgan fingerprint density at radius 1 is 1.10 bits per heavy atom. The zero-order valence-electron chi connectivity index (χ0n) is 28.5. The summed E-state index contributed by atoms with van der Waals surface area (Å²) in [6, 6.07) is 13.2. The van der Waals surface area contributed by atoms with Gasteiger partial charge in [0.2, 0.25) is 10.0 Å². The highest BCUT2D eigenvalue weighted by Crippen LogP contribution is 2.38. The van der Waals surface area contributed by atoms with Gasteiger partial charge in [0, 0.05) is 43.1 Å². The maximum Gasteiger partial charge on any atom is 0.407 e. The number of benzene rings is 2. The van der Waals surface area contributed by atoms with Crippen LogP contribution in [0, 0.1) is 11.8 Å². The Hall–Kier alpha value is -3.49. The molecule has 49 heavy (non-hydrogen) atoms. The normalized spacial score (nSPS) is 24.4. The molecule has 0 radical (unpaired) electrons. The molecule has 2 aromatic carbocycles. The van der Waals surface area contributed by atoms with Crippen molar-refractivity contribution in [3.63, 3.8) is 0 Å². The van der Waals surface area contributed by atoms with E-state index in [0.717, 1.165) is 50.0 Å². The molecule has 2 aromatic rings. The molecular formula is C36H48N4O8S. The van der Waals surface area contributed by atoms with Crippen LogP contribution in [0.4, 0.5) is 10.5 Å². The third-order valence-corrected chi connectivity index (χ3v) is 11.7. The van der Waals surface area contributed by atoms with Gasteiger partial charge in [-0.3, -0.25) is 4.79 Å². The van der Waals surface area contributed by atoms with E-state index in [4.69, 9.17) is 14.2 Å². The zero-order chi connectivity index (χ0) is 34.7. The van der Waals surface area contributed by atoms with Gasteiger partial charge in [-0.2, -0.15) is 4.31 Å². The number of piperidine rings is 1. The van der Waals surface area contributed by atoms with Crippen LogP contribution in [0.5, 0.6) is 0 Å². The van der Waals surface area contributed by atoms with Gasteiger partial charge in [-0.25, -0.2) is 13.2 Å². The molecule has 0 aromatic heterocycles. The van der Waals surface area contributed by atoms with Gasteiger partial charge >= 0.3 is 6.09 Å². The van der Waals surface area contributed by atoms with E-state index >= 15 is 0 Å². The van der Waals surface area contributed by atoms with Gasteiger partial charge in [0.15, 0.2) is 6.29 Å². The molecule has 2 amide bonds. The first-order valence-electron chi connectivity index (χ1n) is 17.4. The number of rotatable bonds is 12. The van der Waals surface area contributed by atoms with Crippen LogP contribution in [0.1, 0.15) is 57.6 Å². The first kappa shape index (κ1) is 35.3. The number of anilines is 1. The van der Waals surface area contributed by atoms with Crippen molar-refractivity contribution in [1.82, 2.24) is 14.5 Å². The third-order valence-electron chi connectivity index (χ3n) is 9.83. The van der Waals surface area contributed by atoms with Crippen molar-refractivity contribution in [2.75, 3.05) is 44.7 Å². The second-order valence-corrected chi connectivity index (χ2v) is 15.8. The number of aliphatic hydroxyl groups is 1. The highest BCUT2D eigenvalue weighted by molar-refractivity contribution is 7.89. The predicted octanol–water partition coefficient (Wildman–Crippen LogP) is 3.96. The number of nitrogens with zero attached hydrogens (tertiary/aromatic N) is 2. The minimum atomic E-state index is -4.14. The first-order valence-corrected chi connectivity index (χ1v) is 18.8. The lowest BCUT2D eigenvalue weighted by molar-refractivity contribution is -0.110. The van der Waals surface area contributed by atoms with Crippen LogP contribution in [-0.4, -0.2) is 98.7 Å². The number of hydrogen-bond acceptors (Lipinski definition) is 9. The fourth-order valence-electron chi connectivity index (χ4n) is 7.24. The first-order chi connectivity index (χ1) is 23.5. The van der Waals surface area contributed by atoms with Crippen molar-refractivity contribution < 1.29 is 37.3 Å². The second kappa shape index (κ2) is 15.2. The van der Waals surface area contributed by atoms with Crippen LogP contribution in [0.25, 0.3) is 5.57 Å². The van der Waals surface area contributed by atoms with E-state index < -0.39 is 34.4 Å². The number of carbonyl (C=O) groups is 2. The van der Waals surface area contributed by atoms with E-state index in [0.29, 0.717) is 23.4 Å². The van der Waals surface area contributed by atoms with E-state index in [1.54, 1.807) is 12.1 Å². The van der Waals surface area contributed by atoms with Crippen LogP contribution in [0.15, 0.2) is 59.1 Å². The molecule has 0 spiro atoms. The topological polar surface area (TPSA) is 147 Å². The Bertz CT molecular complexity index is 1640. The molecule has 5 unspecified atom stereocenters. The molecule has 13 heteroatoms. The summed E-state index contributed by atoms with van der Waals surface area (Å²) in [6.45, 7) is 8.07. The Balaban J connectivity index is 1.24. The third kappa shape index (κ3) is 7.96. The highest BCUT2D eigenvalue weighted by Gasteiger charge is 2.44. The average Bonchev–Trinajstić information content (AvgIpc) is 3.79. The number of alkyl carbamates (subject to hydrolysis) is 1. The lowest BCUT2D eigenvalue weighted by Gasteiger charge is -2.31. The van der Waals surface area contributed by atoms with Gasteiger partial charge in [0.25, 0.3) is 5.91 Å². The molecule has 3 fully saturated rings. The number of allylic oxidation sites excluding steroid dienone is 1. The molecule has 0 aliphatic carbocycles. The average molecular weight is 697 g/mol. The van der Waals surface area contributed by atoms with E-state index in [9.17, 15) is 23.1 Å². The van der Waals surface area contributed by atoms with Crippen molar-refractivity contribution in [1.29, 1.82) is 0 Å². The lowest BCUT2D eigenvalue weighted by Crippen LogP contribution is -2.51. The van der Waals surface area contributed by atoms with E-state index in [2.05, 4.69) is 15.5 Å². The number of sulfonamides is 1. The summed E-state index contributed by atoms with van der Waals surface area (Å²) in [6.07, 6.45) is 1.37. The maximum atomic E-state index is 14.3. The molecule has 0 bridgehead atoms. The van der Waals surface area contributed by atoms with Gasteiger partial charge < -0.3 is 34.9 Å². The molecule has 5 atom stereocenters. The quantitative estimate of drug-likeness (QED) is 0.281. The monoisotopic (exact) mass is 696 g/mol. The summed E-state index contributed by atoms with van der Waals surface area (Å²) >= 11 is 0. The molecule has 3 N–H and O–H groups in total. The van der Waals surface area contributed by atoms with Crippen molar-refractivity contribution >= 4 is 33.3 Å². The molecule has 266 valence electrons. The van der Waals surface area contributed by atoms with Crippen LogP contribution in [0.2, 0.25) is 0 Å².